The van der Waals surface area contributed by atoms with Crippen LogP contribution in [0.1, 0.15) is 6.23 Å². The number of H-pyrrole nitrogens is 1. The smallest absolute Gasteiger partial charge is 0.355 e. The van der Waals surface area contributed by atoms with E-state index in [1.165, 1.54) is 0 Å². The third kappa shape index (κ3) is 3.63. The van der Waals surface area contributed by atoms with E-state index in [2.05, 4.69) is 14.5 Å². The second-order valence-electron chi connectivity index (χ2n) is 5.29. The lowest BCUT2D eigenvalue weighted by atomic mass is 10.4. The number of hydrogen-bond acceptors (Lipinski definition) is 7. The molecule has 11 nitrogen and oxygen atoms in total. The molecule has 2 aromatic rings. The molecule has 24 heavy (non-hydrogen) atoms. The molecule has 0 aromatic carbocycles. The normalized spacial score (nSPS) is 22.1. The van der Waals surface area contributed by atoms with Gasteiger partial charge in [-0.25, -0.2) is 9.13 Å². The summed E-state index contributed by atoms with van der Waals surface area (Å²) in [6, 6.07) is 0. The van der Waals surface area contributed by atoms with Crippen molar-refractivity contribution in [3.8, 4) is 0 Å². The molecule has 132 valence electrons. The van der Waals surface area contributed by atoms with Gasteiger partial charge in [0.15, 0.2) is 12.6 Å². The van der Waals surface area contributed by atoms with Crippen molar-refractivity contribution in [3.63, 3.8) is 0 Å². The molecule has 2 atom stereocenters. The standard InChI is InChI=1S/C11H16N5O6PS/c1-15-5-16(9-8(15)10(17)14-11(12)13-9)7-4-24-3-6(22-7)2-21-23(18,19)20/h5-7H,2-4H2,1H3,(H4-,12,13,14,17,18,19,20)/p+1/t6-,7?/m1/s1. The van der Waals surface area contributed by atoms with E-state index in [1.807, 2.05) is 0 Å². The Labute approximate surface area is 140 Å². The average molecular weight is 378 g/mol. The summed E-state index contributed by atoms with van der Waals surface area (Å²) in [6.45, 7) is -0.227. The van der Waals surface area contributed by atoms with Crippen molar-refractivity contribution in [2.75, 3.05) is 23.8 Å². The third-order valence-electron chi connectivity index (χ3n) is 3.44. The highest BCUT2D eigenvalue weighted by Crippen LogP contribution is 2.36. The number of aryl methyl sites for hydroxylation is 1. The summed E-state index contributed by atoms with van der Waals surface area (Å²) in [6.07, 6.45) is 0.707. The number of nitrogens with two attached hydrogens (primary N) is 1. The fourth-order valence-corrected chi connectivity index (χ4v) is 3.87. The van der Waals surface area contributed by atoms with Gasteiger partial charge in [0.2, 0.25) is 5.52 Å². The van der Waals surface area contributed by atoms with Crippen LogP contribution in [-0.4, -0.2) is 48.5 Å². The number of nitrogen functional groups attached to an aromatic ring is 1. The zero-order valence-corrected chi connectivity index (χ0v) is 14.4. The number of ether oxygens (including phenoxy) is 1. The summed E-state index contributed by atoms with van der Waals surface area (Å²) in [4.78, 5) is 36.2. The summed E-state index contributed by atoms with van der Waals surface area (Å²) >= 11 is 1.55. The summed E-state index contributed by atoms with van der Waals surface area (Å²) in [7, 11) is -2.84. The number of nitrogens with one attached hydrogen (secondary N) is 1. The molecular weight excluding hydrogens is 361 g/mol. The molecule has 0 radical (unpaired) electrons. The SMILES string of the molecule is Cn1c[n+](C2CSC[C@@H](COP(=O)(O)O)O2)c2nc(N)[nH]c(=O)c21. The highest BCUT2D eigenvalue weighted by molar-refractivity contribution is 7.99. The van der Waals surface area contributed by atoms with Crippen molar-refractivity contribution in [2.24, 2.45) is 7.05 Å². The van der Waals surface area contributed by atoms with Gasteiger partial charge in [0, 0.05) is 5.75 Å². The van der Waals surface area contributed by atoms with Gasteiger partial charge < -0.3 is 20.3 Å². The number of fused-ring (bicyclic) bond motifs is 1. The molecule has 0 aliphatic carbocycles. The highest BCUT2D eigenvalue weighted by atomic mass is 32.2. The Hall–Kier alpha value is -1.43. The van der Waals surface area contributed by atoms with Gasteiger partial charge in [0.1, 0.15) is 0 Å². The van der Waals surface area contributed by atoms with Gasteiger partial charge in [-0.3, -0.25) is 18.9 Å². The van der Waals surface area contributed by atoms with E-state index in [0.717, 1.165) is 0 Å². The van der Waals surface area contributed by atoms with Crippen molar-refractivity contribution in [1.29, 1.82) is 0 Å². The third-order valence-corrected chi connectivity index (χ3v) is 5.06. The molecule has 5 N–H and O–H groups in total. The molecule has 1 fully saturated rings. The van der Waals surface area contributed by atoms with E-state index in [0.29, 0.717) is 22.7 Å². The van der Waals surface area contributed by atoms with Crippen LogP contribution in [0.25, 0.3) is 11.2 Å². The zero-order chi connectivity index (χ0) is 17.5. The quantitative estimate of drug-likeness (QED) is 0.382. The molecule has 13 heteroatoms. The van der Waals surface area contributed by atoms with Crippen molar-refractivity contribution < 1.29 is 28.2 Å². The van der Waals surface area contributed by atoms with Gasteiger partial charge in [-0.1, -0.05) is 4.98 Å². The molecule has 0 amide bonds. The van der Waals surface area contributed by atoms with Crippen LogP contribution in [0, 0.1) is 0 Å². The van der Waals surface area contributed by atoms with Crippen LogP contribution in [0.5, 0.6) is 0 Å². The predicted molar refractivity (Wildman–Crippen MR) is 85.2 cm³/mol. The first-order chi connectivity index (χ1) is 11.2. The van der Waals surface area contributed by atoms with Crippen molar-refractivity contribution in [1.82, 2.24) is 14.5 Å². The molecule has 3 heterocycles. The summed E-state index contributed by atoms with van der Waals surface area (Å²) in [5.41, 5.74) is 5.98. The molecule has 0 saturated carbocycles. The first-order valence-electron chi connectivity index (χ1n) is 6.94. The van der Waals surface area contributed by atoms with E-state index in [-0.39, 0.29) is 18.1 Å². The lowest BCUT2D eigenvalue weighted by Gasteiger charge is -2.28. The Morgan fingerprint density at radius 2 is 2.38 bits per heavy atom. The topological polar surface area (TPSA) is 157 Å². The number of phosphoric acid groups is 1. The minimum Gasteiger partial charge on any atom is -0.355 e. The van der Waals surface area contributed by atoms with Crippen LogP contribution in [0.2, 0.25) is 0 Å². The maximum absolute atomic E-state index is 12.0. The van der Waals surface area contributed by atoms with Crippen LogP contribution < -0.4 is 15.9 Å². The second kappa shape index (κ2) is 6.47. The number of phosphoric ester groups is 1. The van der Waals surface area contributed by atoms with Crippen LogP contribution in [0.4, 0.5) is 5.95 Å². The molecule has 2 aromatic heterocycles. The first-order valence-corrected chi connectivity index (χ1v) is 9.62. The number of nitrogens with zero attached hydrogens (tertiary/aromatic N) is 3. The van der Waals surface area contributed by atoms with Crippen molar-refractivity contribution in [3.05, 3.63) is 16.7 Å². The van der Waals surface area contributed by atoms with Gasteiger partial charge >= 0.3 is 13.5 Å². The lowest BCUT2D eigenvalue weighted by Crippen LogP contribution is -2.47. The molecule has 1 unspecified atom stereocenters. The lowest BCUT2D eigenvalue weighted by molar-refractivity contribution is -0.739. The van der Waals surface area contributed by atoms with Crippen LogP contribution in [-0.2, 0) is 20.9 Å². The molecule has 0 bridgehead atoms. The monoisotopic (exact) mass is 378 g/mol. The minimum absolute atomic E-state index is 0.00250. The highest BCUT2D eigenvalue weighted by Gasteiger charge is 2.32. The molecule has 1 saturated heterocycles. The number of imidazole rings is 1. The molecule has 1 aliphatic heterocycles. The summed E-state index contributed by atoms with van der Waals surface area (Å²) in [5.74, 6) is 1.13. The largest absolute Gasteiger partial charge is 0.469 e. The molecule has 0 spiro atoms. The van der Waals surface area contributed by atoms with E-state index in [1.54, 1.807) is 34.3 Å². The fraction of sp³-hybridized carbons (Fsp3) is 0.545. The number of hydrogen-bond donors (Lipinski definition) is 4. The van der Waals surface area contributed by atoms with E-state index in [4.69, 9.17) is 20.3 Å². The van der Waals surface area contributed by atoms with E-state index in [9.17, 15) is 9.36 Å². The number of aromatic amines is 1. The molecular formula is C11H17N5O6PS+. The van der Waals surface area contributed by atoms with Gasteiger partial charge in [-0.15, -0.1) is 0 Å². The number of rotatable bonds is 4. The average Bonchev–Trinajstić information content (AvgIpc) is 2.82. The summed E-state index contributed by atoms with van der Waals surface area (Å²) < 4.78 is 24.5. The van der Waals surface area contributed by atoms with E-state index < -0.39 is 20.2 Å². The zero-order valence-electron chi connectivity index (χ0n) is 12.7. The number of anilines is 1. The summed E-state index contributed by atoms with van der Waals surface area (Å²) in [5, 5.41) is 0. The number of thioether (sulfide) groups is 1. The first kappa shape index (κ1) is 17.4. The van der Waals surface area contributed by atoms with Gasteiger partial charge in [-0.2, -0.15) is 11.8 Å². The Morgan fingerprint density at radius 3 is 3.08 bits per heavy atom. The van der Waals surface area contributed by atoms with Gasteiger partial charge in [0.25, 0.3) is 11.5 Å². The molecule has 1 aliphatic rings. The fourth-order valence-electron chi connectivity index (χ4n) is 2.49. The molecule has 3 rings (SSSR count). The predicted octanol–water partition coefficient (Wildman–Crippen LogP) is -1.13. The Balaban J connectivity index is 1.87. The van der Waals surface area contributed by atoms with Crippen LogP contribution in [0.15, 0.2) is 11.1 Å². The van der Waals surface area contributed by atoms with Crippen LogP contribution >= 0.6 is 19.6 Å². The number of aromatic nitrogens is 4. The minimum atomic E-state index is -4.55. The van der Waals surface area contributed by atoms with Crippen molar-refractivity contribution in [2.45, 2.75) is 12.3 Å². The second-order valence-corrected chi connectivity index (χ2v) is 7.61. The Morgan fingerprint density at radius 1 is 1.62 bits per heavy atom. The van der Waals surface area contributed by atoms with E-state index >= 15 is 0 Å². The van der Waals surface area contributed by atoms with Gasteiger partial charge in [-0.05, 0) is 0 Å². The maximum Gasteiger partial charge on any atom is 0.469 e. The maximum atomic E-state index is 12.0. The van der Waals surface area contributed by atoms with Crippen LogP contribution in [0.3, 0.4) is 0 Å². The Kier molecular flexibility index (Phi) is 4.69. The Bertz CT molecular complexity index is 862. The van der Waals surface area contributed by atoms with Gasteiger partial charge in [0.05, 0.1) is 25.5 Å². The van der Waals surface area contributed by atoms with Crippen molar-refractivity contribution >= 4 is 36.7 Å².